The molecule has 0 amide bonds. The van der Waals surface area contributed by atoms with Crippen LogP contribution in [0.25, 0.3) is 6.08 Å². The zero-order valence-electron chi connectivity index (χ0n) is 11.3. The first-order valence-corrected chi connectivity index (χ1v) is 5.85. The lowest BCUT2D eigenvalue weighted by molar-refractivity contribution is -0.132. The molecule has 0 spiro atoms. The molecule has 20 heavy (non-hydrogen) atoms. The lowest BCUT2D eigenvalue weighted by atomic mass is 10.1. The van der Waals surface area contributed by atoms with Crippen molar-refractivity contribution in [3.63, 3.8) is 0 Å². The fourth-order valence-corrected chi connectivity index (χ4v) is 1.69. The van der Waals surface area contributed by atoms with E-state index < -0.39 is 11.9 Å². The van der Waals surface area contributed by atoms with Crippen LogP contribution in [0.5, 0.6) is 11.5 Å². The first-order chi connectivity index (χ1) is 9.49. The van der Waals surface area contributed by atoms with Crippen LogP contribution in [0.4, 0.5) is 0 Å². The molecule has 0 fully saturated rings. The maximum absolute atomic E-state index is 11.5. The number of hydrogen-bond donors (Lipinski definition) is 0. The second kappa shape index (κ2) is 5.56. The Morgan fingerprint density at radius 3 is 2.65 bits per heavy atom. The molecule has 104 valence electrons. The normalized spacial score (nSPS) is 15.8. The summed E-state index contributed by atoms with van der Waals surface area (Å²) in [5.41, 5.74) is 0.896. The second-order valence-electron chi connectivity index (χ2n) is 4.05. The molecule has 1 aliphatic rings. The number of ether oxygens (including phenoxy) is 3. The fourth-order valence-electron chi connectivity index (χ4n) is 1.69. The van der Waals surface area contributed by atoms with E-state index in [-0.39, 0.29) is 5.70 Å². The number of carbonyl (C=O) groups excluding carboxylic acids is 2. The molecular weight excluding hydrogens is 262 g/mol. The van der Waals surface area contributed by atoms with Gasteiger partial charge in [0.05, 0.1) is 7.11 Å². The van der Waals surface area contributed by atoms with Crippen molar-refractivity contribution in [1.29, 1.82) is 0 Å². The van der Waals surface area contributed by atoms with Crippen LogP contribution in [0.15, 0.2) is 28.9 Å². The van der Waals surface area contributed by atoms with Gasteiger partial charge < -0.3 is 14.2 Å². The van der Waals surface area contributed by atoms with Crippen molar-refractivity contribution in [3.8, 4) is 11.5 Å². The second-order valence-corrected chi connectivity index (χ2v) is 4.05. The lowest BCUT2D eigenvalue weighted by Crippen LogP contribution is -2.03. The standard InChI is InChI=1S/C14H13NO5/c1-8-15-11(14(17)19-8)6-10-4-5-12(20-9(2)16)13(7-10)18-3/h4-7H,1-3H3/b11-6+. The summed E-state index contributed by atoms with van der Waals surface area (Å²) in [5, 5.41) is 0. The average Bonchev–Trinajstić information content (AvgIpc) is 2.69. The molecule has 0 aromatic heterocycles. The molecule has 0 unspecified atom stereocenters. The first kappa shape index (κ1) is 13.8. The number of cyclic esters (lactones) is 1. The molecular formula is C14H13NO5. The molecule has 1 aromatic rings. The summed E-state index contributed by atoms with van der Waals surface area (Å²) in [6, 6.07) is 4.91. The zero-order chi connectivity index (χ0) is 14.7. The van der Waals surface area contributed by atoms with Crippen molar-refractivity contribution in [3.05, 3.63) is 29.5 Å². The van der Waals surface area contributed by atoms with E-state index in [0.717, 1.165) is 0 Å². The van der Waals surface area contributed by atoms with Crippen LogP contribution >= 0.6 is 0 Å². The van der Waals surface area contributed by atoms with E-state index in [2.05, 4.69) is 4.99 Å². The summed E-state index contributed by atoms with van der Waals surface area (Å²) in [5.74, 6) is 0.0849. The minimum absolute atomic E-state index is 0.213. The van der Waals surface area contributed by atoms with Crippen LogP contribution in [0.1, 0.15) is 19.4 Å². The molecule has 1 aromatic carbocycles. The Kier molecular flexibility index (Phi) is 3.84. The maximum atomic E-state index is 11.5. The third-order valence-electron chi connectivity index (χ3n) is 2.47. The Morgan fingerprint density at radius 1 is 1.35 bits per heavy atom. The molecule has 6 heteroatoms. The predicted octanol–water partition coefficient (Wildman–Crippen LogP) is 1.94. The molecule has 6 nitrogen and oxygen atoms in total. The van der Waals surface area contributed by atoms with Crippen LogP contribution in [0.3, 0.4) is 0 Å². The number of benzene rings is 1. The molecule has 0 radical (unpaired) electrons. The van der Waals surface area contributed by atoms with E-state index in [0.29, 0.717) is 23.0 Å². The number of aliphatic imine (C=N–C) groups is 1. The molecule has 0 aliphatic carbocycles. The molecule has 0 bridgehead atoms. The lowest BCUT2D eigenvalue weighted by Gasteiger charge is -2.08. The van der Waals surface area contributed by atoms with Gasteiger partial charge in [-0.3, -0.25) is 4.79 Å². The Bertz CT molecular complexity index is 630. The molecule has 0 saturated heterocycles. The molecule has 0 saturated carbocycles. The van der Waals surface area contributed by atoms with Gasteiger partial charge in [-0.2, -0.15) is 0 Å². The SMILES string of the molecule is COc1cc(/C=C2/N=C(C)OC2=O)ccc1OC(C)=O. The fraction of sp³-hybridized carbons (Fsp3) is 0.214. The smallest absolute Gasteiger partial charge is 0.363 e. The molecule has 1 aliphatic heterocycles. The van der Waals surface area contributed by atoms with E-state index in [1.54, 1.807) is 31.2 Å². The highest BCUT2D eigenvalue weighted by molar-refractivity contribution is 6.06. The van der Waals surface area contributed by atoms with Gasteiger partial charge in [0.2, 0.25) is 0 Å². The first-order valence-electron chi connectivity index (χ1n) is 5.85. The molecule has 1 heterocycles. The number of hydrogen-bond acceptors (Lipinski definition) is 6. The number of rotatable bonds is 3. The van der Waals surface area contributed by atoms with Gasteiger partial charge in [0.1, 0.15) is 0 Å². The topological polar surface area (TPSA) is 74.2 Å². The largest absolute Gasteiger partial charge is 0.493 e. The highest BCUT2D eigenvalue weighted by Crippen LogP contribution is 2.29. The van der Waals surface area contributed by atoms with E-state index in [1.165, 1.54) is 14.0 Å². The minimum Gasteiger partial charge on any atom is -0.493 e. The number of nitrogens with zero attached hydrogens (tertiary/aromatic N) is 1. The van der Waals surface area contributed by atoms with E-state index in [1.807, 2.05) is 0 Å². The maximum Gasteiger partial charge on any atom is 0.363 e. The summed E-state index contributed by atoms with van der Waals surface area (Å²) >= 11 is 0. The van der Waals surface area contributed by atoms with Crippen molar-refractivity contribution in [2.45, 2.75) is 13.8 Å². The van der Waals surface area contributed by atoms with Crippen LogP contribution in [0, 0.1) is 0 Å². The third kappa shape index (κ3) is 3.03. The summed E-state index contributed by atoms with van der Waals surface area (Å²) < 4.78 is 15.0. The Hall–Kier alpha value is -2.63. The van der Waals surface area contributed by atoms with Crippen molar-refractivity contribution in [1.82, 2.24) is 0 Å². The molecule has 2 rings (SSSR count). The summed E-state index contributed by atoms with van der Waals surface area (Å²) in [6.45, 7) is 2.91. The number of methoxy groups -OCH3 is 1. The average molecular weight is 275 g/mol. The van der Waals surface area contributed by atoms with Gasteiger partial charge in [0.15, 0.2) is 23.1 Å². The summed E-state index contributed by atoms with van der Waals surface area (Å²) in [6.07, 6.45) is 1.57. The van der Waals surface area contributed by atoms with Crippen LogP contribution < -0.4 is 9.47 Å². The zero-order valence-corrected chi connectivity index (χ0v) is 11.3. The monoisotopic (exact) mass is 275 g/mol. The van der Waals surface area contributed by atoms with Gasteiger partial charge in [-0.15, -0.1) is 0 Å². The quantitative estimate of drug-likeness (QED) is 0.479. The van der Waals surface area contributed by atoms with Gasteiger partial charge in [-0.05, 0) is 23.8 Å². The molecule has 0 atom stereocenters. The van der Waals surface area contributed by atoms with E-state index >= 15 is 0 Å². The third-order valence-corrected chi connectivity index (χ3v) is 2.47. The van der Waals surface area contributed by atoms with Gasteiger partial charge in [-0.1, -0.05) is 6.07 Å². The van der Waals surface area contributed by atoms with Crippen molar-refractivity contribution in [2.75, 3.05) is 7.11 Å². The van der Waals surface area contributed by atoms with Gasteiger partial charge in [-0.25, -0.2) is 9.79 Å². The highest BCUT2D eigenvalue weighted by atomic mass is 16.6. The summed E-state index contributed by atoms with van der Waals surface area (Å²) in [4.78, 5) is 26.4. The Labute approximate surface area is 115 Å². The van der Waals surface area contributed by atoms with Crippen molar-refractivity contribution in [2.24, 2.45) is 4.99 Å². The minimum atomic E-state index is -0.495. The van der Waals surface area contributed by atoms with Crippen LogP contribution in [0.2, 0.25) is 0 Å². The highest BCUT2D eigenvalue weighted by Gasteiger charge is 2.19. The van der Waals surface area contributed by atoms with Crippen molar-refractivity contribution < 1.29 is 23.8 Å². The van der Waals surface area contributed by atoms with Gasteiger partial charge in [0.25, 0.3) is 0 Å². The number of esters is 2. The van der Waals surface area contributed by atoms with Crippen LogP contribution in [-0.4, -0.2) is 24.9 Å². The Morgan fingerprint density at radius 2 is 2.10 bits per heavy atom. The van der Waals surface area contributed by atoms with E-state index in [9.17, 15) is 9.59 Å². The van der Waals surface area contributed by atoms with Gasteiger partial charge >= 0.3 is 11.9 Å². The van der Waals surface area contributed by atoms with Crippen LogP contribution in [-0.2, 0) is 14.3 Å². The predicted molar refractivity (Wildman–Crippen MR) is 71.5 cm³/mol. The summed E-state index contributed by atoms with van der Waals surface area (Å²) in [7, 11) is 1.46. The van der Waals surface area contributed by atoms with E-state index in [4.69, 9.17) is 14.2 Å². The Balaban J connectivity index is 2.33. The van der Waals surface area contributed by atoms with Gasteiger partial charge in [0, 0.05) is 13.8 Å². The van der Waals surface area contributed by atoms with Crippen molar-refractivity contribution >= 4 is 23.9 Å². The molecule has 0 N–H and O–H groups in total. The number of carbonyl (C=O) groups is 2.